The molecule has 2 heterocycles. The lowest BCUT2D eigenvalue weighted by atomic mass is 10.0. The van der Waals surface area contributed by atoms with Gasteiger partial charge in [-0.3, -0.25) is 4.79 Å². The van der Waals surface area contributed by atoms with Crippen molar-refractivity contribution in [3.05, 3.63) is 23.8 Å². The SMILES string of the molecule is N#CC1CCN(S(=O)(=O)c2ccc3c(c2)CCCC(=O)N3)CC1. The Morgan fingerprint density at radius 1 is 1.22 bits per heavy atom. The Morgan fingerprint density at radius 2 is 1.96 bits per heavy atom. The number of amides is 1. The molecule has 2 aliphatic rings. The van der Waals surface area contributed by atoms with Crippen LogP contribution in [0.3, 0.4) is 0 Å². The van der Waals surface area contributed by atoms with Crippen molar-refractivity contribution in [1.82, 2.24) is 4.31 Å². The molecule has 0 atom stereocenters. The molecular weight excluding hydrogens is 314 g/mol. The highest BCUT2D eigenvalue weighted by molar-refractivity contribution is 7.89. The Hall–Kier alpha value is -1.91. The van der Waals surface area contributed by atoms with Gasteiger partial charge in [-0.15, -0.1) is 0 Å². The van der Waals surface area contributed by atoms with Crippen molar-refractivity contribution in [3.63, 3.8) is 0 Å². The number of hydrogen-bond acceptors (Lipinski definition) is 4. The molecule has 0 saturated carbocycles. The highest BCUT2D eigenvalue weighted by atomic mass is 32.2. The van der Waals surface area contributed by atoms with Gasteiger partial charge in [0.2, 0.25) is 15.9 Å². The lowest BCUT2D eigenvalue weighted by Gasteiger charge is -2.28. The van der Waals surface area contributed by atoms with Crippen LogP contribution >= 0.6 is 0 Å². The van der Waals surface area contributed by atoms with E-state index in [1.807, 2.05) is 0 Å². The quantitative estimate of drug-likeness (QED) is 0.895. The molecule has 0 unspecified atom stereocenters. The number of nitrogens with zero attached hydrogens (tertiary/aromatic N) is 2. The van der Waals surface area contributed by atoms with Crippen LogP contribution in [0.5, 0.6) is 0 Å². The zero-order valence-electron chi connectivity index (χ0n) is 12.8. The third-order valence-corrected chi connectivity index (χ3v) is 6.37. The van der Waals surface area contributed by atoms with Gasteiger partial charge >= 0.3 is 0 Å². The molecule has 0 bridgehead atoms. The van der Waals surface area contributed by atoms with Crippen molar-refractivity contribution in [2.24, 2.45) is 5.92 Å². The molecule has 0 aromatic heterocycles. The van der Waals surface area contributed by atoms with E-state index in [-0.39, 0.29) is 16.7 Å². The molecule has 1 saturated heterocycles. The van der Waals surface area contributed by atoms with Gasteiger partial charge in [-0.25, -0.2) is 8.42 Å². The molecule has 0 aliphatic carbocycles. The summed E-state index contributed by atoms with van der Waals surface area (Å²) in [5.74, 6) is -0.0818. The van der Waals surface area contributed by atoms with Crippen LogP contribution in [0.4, 0.5) is 5.69 Å². The van der Waals surface area contributed by atoms with E-state index >= 15 is 0 Å². The number of nitrogens with one attached hydrogen (secondary N) is 1. The van der Waals surface area contributed by atoms with Crippen molar-refractivity contribution in [1.29, 1.82) is 5.26 Å². The summed E-state index contributed by atoms with van der Waals surface area (Å²) in [7, 11) is -3.54. The molecule has 1 aromatic rings. The fourth-order valence-corrected chi connectivity index (χ4v) is 4.61. The summed E-state index contributed by atoms with van der Waals surface area (Å²) >= 11 is 0. The van der Waals surface area contributed by atoms with Crippen molar-refractivity contribution >= 4 is 21.6 Å². The minimum atomic E-state index is -3.54. The van der Waals surface area contributed by atoms with Crippen LogP contribution in [-0.2, 0) is 21.2 Å². The Balaban J connectivity index is 1.85. The Kier molecular flexibility index (Phi) is 4.37. The van der Waals surface area contributed by atoms with Gasteiger partial charge in [-0.1, -0.05) is 0 Å². The summed E-state index contributed by atoms with van der Waals surface area (Å²) in [6, 6.07) is 7.11. The Labute approximate surface area is 136 Å². The van der Waals surface area contributed by atoms with Crippen LogP contribution in [-0.4, -0.2) is 31.7 Å². The molecule has 23 heavy (non-hydrogen) atoms. The molecule has 1 N–H and O–H groups in total. The zero-order chi connectivity index (χ0) is 16.4. The summed E-state index contributed by atoms with van der Waals surface area (Å²) in [6.07, 6.45) is 3.02. The first-order valence-electron chi connectivity index (χ1n) is 7.83. The number of nitriles is 1. The zero-order valence-corrected chi connectivity index (χ0v) is 13.6. The van der Waals surface area contributed by atoms with Gasteiger partial charge < -0.3 is 5.32 Å². The molecule has 1 amide bonds. The number of hydrogen-bond donors (Lipinski definition) is 1. The van der Waals surface area contributed by atoms with Gasteiger partial charge in [0.05, 0.1) is 11.0 Å². The number of benzene rings is 1. The highest BCUT2D eigenvalue weighted by Crippen LogP contribution is 2.28. The van der Waals surface area contributed by atoms with E-state index in [0.717, 1.165) is 12.0 Å². The van der Waals surface area contributed by atoms with Gasteiger partial charge in [-0.2, -0.15) is 9.57 Å². The predicted octanol–water partition coefficient (Wildman–Crippen LogP) is 1.89. The van der Waals surface area contributed by atoms with Crippen molar-refractivity contribution < 1.29 is 13.2 Å². The molecule has 2 aliphatic heterocycles. The van der Waals surface area contributed by atoms with Crippen molar-refractivity contribution in [3.8, 4) is 6.07 Å². The maximum absolute atomic E-state index is 12.8. The number of fused-ring (bicyclic) bond motifs is 1. The minimum absolute atomic E-state index is 0.0297. The third-order valence-electron chi connectivity index (χ3n) is 4.48. The van der Waals surface area contributed by atoms with Gasteiger partial charge in [0.25, 0.3) is 0 Å². The monoisotopic (exact) mass is 333 g/mol. The molecule has 0 radical (unpaired) electrons. The first kappa shape index (κ1) is 16.0. The highest BCUT2D eigenvalue weighted by Gasteiger charge is 2.30. The summed E-state index contributed by atoms with van der Waals surface area (Å²) in [6.45, 7) is 0.767. The van der Waals surface area contributed by atoms with E-state index in [1.54, 1.807) is 18.2 Å². The van der Waals surface area contributed by atoms with Gasteiger partial charge in [0.15, 0.2) is 0 Å². The van der Waals surface area contributed by atoms with Gasteiger partial charge in [0, 0.05) is 31.1 Å². The molecule has 0 spiro atoms. The third kappa shape index (κ3) is 3.23. The van der Waals surface area contributed by atoms with Crippen LogP contribution in [0.1, 0.15) is 31.2 Å². The van der Waals surface area contributed by atoms with E-state index < -0.39 is 10.0 Å². The van der Waals surface area contributed by atoms with Crippen LogP contribution < -0.4 is 5.32 Å². The maximum Gasteiger partial charge on any atom is 0.243 e. The largest absolute Gasteiger partial charge is 0.326 e. The van der Waals surface area contributed by atoms with Crippen LogP contribution in [0.25, 0.3) is 0 Å². The average Bonchev–Trinajstić information content (AvgIpc) is 2.74. The lowest BCUT2D eigenvalue weighted by Crippen LogP contribution is -2.38. The second-order valence-corrected chi connectivity index (χ2v) is 7.97. The topological polar surface area (TPSA) is 90.3 Å². The molecule has 3 rings (SSSR count). The number of rotatable bonds is 2. The number of carbonyl (C=O) groups is 1. The lowest BCUT2D eigenvalue weighted by molar-refractivity contribution is -0.116. The molecule has 1 fully saturated rings. The second-order valence-electron chi connectivity index (χ2n) is 6.03. The van der Waals surface area contributed by atoms with Crippen LogP contribution in [0, 0.1) is 17.2 Å². The first-order valence-corrected chi connectivity index (χ1v) is 9.27. The maximum atomic E-state index is 12.8. The molecule has 1 aromatic carbocycles. The van der Waals surface area contributed by atoms with E-state index in [4.69, 9.17) is 5.26 Å². The predicted molar refractivity (Wildman–Crippen MR) is 85.1 cm³/mol. The van der Waals surface area contributed by atoms with E-state index in [2.05, 4.69) is 11.4 Å². The number of anilines is 1. The number of aryl methyl sites for hydroxylation is 1. The normalized spacial score (nSPS) is 20.2. The first-order chi connectivity index (χ1) is 11.0. The number of sulfonamides is 1. The summed E-state index contributed by atoms with van der Waals surface area (Å²) < 4.78 is 27.0. The minimum Gasteiger partial charge on any atom is -0.326 e. The van der Waals surface area contributed by atoms with Crippen molar-refractivity contribution in [2.75, 3.05) is 18.4 Å². The smallest absolute Gasteiger partial charge is 0.243 e. The standard InChI is InChI=1S/C16H19N3O3S/c17-11-12-6-8-19(9-7-12)23(21,22)14-4-5-15-13(10-14)2-1-3-16(20)18-15/h4-5,10,12H,1-3,6-9H2,(H,18,20). The number of piperidine rings is 1. The van der Waals surface area contributed by atoms with Gasteiger partial charge in [0.1, 0.15) is 0 Å². The van der Waals surface area contributed by atoms with E-state index in [1.165, 1.54) is 4.31 Å². The van der Waals surface area contributed by atoms with E-state index in [0.29, 0.717) is 44.5 Å². The average molecular weight is 333 g/mol. The Bertz CT molecular complexity index is 759. The fourth-order valence-electron chi connectivity index (χ4n) is 3.09. The Morgan fingerprint density at radius 3 is 2.65 bits per heavy atom. The van der Waals surface area contributed by atoms with Crippen LogP contribution in [0.2, 0.25) is 0 Å². The second kappa shape index (κ2) is 6.30. The number of carbonyl (C=O) groups excluding carboxylic acids is 1. The summed E-state index contributed by atoms with van der Waals surface area (Å²) in [4.78, 5) is 11.8. The summed E-state index contributed by atoms with van der Waals surface area (Å²) in [5.41, 5.74) is 1.57. The van der Waals surface area contributed by atoms with Gasteiger partial charge in [-0.05, 0) is 49.4 Å². The van der Waals surface area contributed by atoms with Crippen LogP contribution in [0.15, 0.2) is 23.1 Å². The molecular formula is C16H19N3O3S. The van der Waals surface area contributed by atoms with Crippen molar-refractivity contribution in [2.45, 2.75) is 37.0 Å². The molecule has 6 nitrogen and oxygen atoms in total. The molecule has 122 valence electrons. The summed E-state index contributed by atoms with van der Waals surface area (Å²) in [5, 5.41) is 11.7. The van der Waals surface area contributed by atoms with E-state index in [9.17, 15) is 13.2 Å². The fraction of sp³-hybridized carbons (Fsp3) is 0.500. The molecule has 7 heteroatoms.